The molecule has 2 aromatic rings. The highest BCUT2D eigenvalue weighted by molar-refractivity contribution is 5.31. The summed E-state index contributed by atoms with van der Waals surface area (Å²) >= 11 is 0. The van der Waals surface area contributed by atoms with Crippen LogP contribution in [-0.2, 0) is 16.1 Å². The fraction of sp³-hybridized carbons (Fsp3) is 0.455. The van der Waals surface area contributed by atoms with Crippen molar-refractivity contribution < 1.29 is 18.9 Å². The fourth-order valence-corrected chi connectivity index (χ4v) is 3.20. The first-order valence-electron chi connectivity index (χ1n) is 9.23. The minimum absolute atomic E-state index is 0.0331. The van der Waals surface area contributed by atoms with Crippen LogP contribution in [0.15, 0.2) is 54.6 Å². The van der Waals surface area contributed by atoms with Crippen molar-refractivity contribution in [3.8, 4) is 11.5 Å². The van der Waals surface area contributed by atoms with E-state index >= 15 is 0 Å². The molecule has 0 saturated carbocycles. The number of methoxy groups -OCH3 is 1. The fourth-order valence-electron chi connectivity index (χ4n) is 3.20. The molecule has 3 rings (SSSR count). The van der Waals surface area contributed by atoms with Gasteiger partial charge in [-0.2, -0.15) is 0 Å². The smallest absolute Gasteiger partial charge is 0.200 e. The largest absolute Gasteiger partial charge is 0.497 e. The molecule has 0 N–H and O–H groups in total. The molecule has 4 atom stereocenters. The van der Waals surface area contributed by atoms with E-state index in [0.717, 1.165) is 17.9 Å². The van der Waals surface area contributed by atoms with Gasteiger partial charge in [0.1, 0.15) is 11.5 Å². The summed E-state index contributed by atoms with van der Waals surface area (Å²) in [4.78, 5) is 0. The first-order chi connectivity index (χ1) is 12.7. The Bertz CT molecular complexity index is 656. The van der Waals surface area contributed by atoms with Crippen molar-refractivity contribution in [3.05, 3.63) is 60.2 Å². The molecule has 1 unspecified atom stereocenters. The molecule has 1 saturated heterocycles. The van der Waals surface area contributed by atoms with Crippen LogP contribution < -0.4 is 9.47 Å². The van der Waals surface area contributed by atoms with Gasteiger partial charge in [-0.25, -0.2) is 0 Å². The van der Waals surface area contributed by atoms with E-state index in [2.05, 4.69) is 26.0 Å². The molecular weight excluding hydrogens is 328 g/mol. The number of hydrogen-bond acceptors (Lipinski definition) is 4. The van der Waals surface area contributed by atoms with E-state index in [9.17, 15) is 0 Å². The third-order valence-electron chi connectivity index (χ3n) is 5.10. The normalized spacial score (nSPS) is 25.7. The summed E-state index contributed by atoms with van der Waals surface area (Å²) in [5, 5.41) is 0. The number of ether oxygens (including phenoxy) is 4. The lowest BCUT2D eigenvalue weighted by atomic mass is 9.86. The molecule has 1 fully saturated rings. The molecular formula is C22H28O4. The minimum atomic E-state index is -0.250. The van der Waals surface area contributed by atoms with Crippen LogP contribution in [0.5, 0.6) is 11.5 Å². The van der Waals surface area contributed by atoms with Crippen molar-refractivity contribution in [1.82, 2.24) is 0 Å². The maximum Gasteiger partial charge on any atom is 0.200 e. The van der Waals surface area contributed by atoms with Gasteiger partial charge in [0.2, 0.25) is 0 Å². The SMILES string of the molecule is COc1ccc(O[C@H]2C[C@@H](C)[C@H](C)C(COCc3ccccc3)O2)cc1. The third-order valence-corrected chi connectivity index (χ3v) is 5.10. The highest BCUT2D eigenvalue weighted by atomic mass is 16.7. The Hall–Kier alpha value is -2.04. The van der Waals surface area contributed by atoms with E-state index in [1.165, 1.54) is 5.56 Å². The third kappa shape index (κ3) is 4.99. The second-order valence-electron chi connectivity index (χ2n) is 6.97. The summed E-state index contributed by atoms with van der Waals surface area (Å²) in [5.74, 6) is 2.55. The lowest BCUT2D eigenvalue weighted by Crippen LogP contribution is -2.43. The highest BCUT2D eigenvalue weighted by Gasteiger charge is 2.34. The van der Waals surface area contributed by atoms with Crippen LogP contribution in [0.25, 0.3) is 0 Å². The zero-order valence-corrected chi connectivity index (χ0v) is 15.8. The van der Waals surface area contributed by atoms with Crippen LogP contribution in [0.2, 0.25) is 0 Å². The van der Waals surface area contributed by atoms with Gasteiger partial charge in [-0.15, -0.1) is 0 Å². The molecule has 0 spiro atoms. The maximum atomic E-state index is 6.19. The number of hydrogen-bond donors (Lipinski definition) is 0. The van der Waals surface area contributed by atoms with Gasteiger partial charge in [0.15, 0.2) is 6.29 Å². The predicted molar refractivity (Wildman–Crippen MR) is 101 cm³/mol. The highest BCUT2D eigenvalue weighted by Crippen LogP contribution is 2.32. The van der Waals surface area contributed by atoms with Crippen LogP contribution in [-0.4, -0.2) is 26.1 Å². The molecule has 2 aromatic carbocycles. The van der Waals surface area contributed by atoms with E-state index in [0.29, 0.717) is 25.0 Å². The van der Waals surface area contributed by atoms with Gasteiger partial charge in [0.05, 0.1) is 26.4 Å². The second-order valence-corrected chi connectivity index (χ2v) is 6.97. The number of rotatable bonds is 7. The Balaban J connectivity index is 1.53. The van der Waals surface area contributed by atoms with E-state index in [4.69, 9.17) is 18.9 Å². The zero-order valence-electron chi connectivity index (χ0n) is 15.8. The summed E-state index contributed by atoms with van der Waals surface area (Å²) < 4.78 is 23.3. The molecule has 26 heavy (non-hydrogen) atoms. The quantitative estimate of drug-likeness (QED) is 0.722. The summed E-state index contributed by atoms with van der Waals surface area (Å²) in [6.07, 6.45) is 0.660. The van der Waals surface area contributed by atoms with Crippen molar-refractivity contribution in [2.24, 2.45) is 11.8 Å². The minimum Gasteiger partial charge on any atom is -0.497 e. The molecule has 4 heteroatoms. The van der Waals surface area contributed by atoms with Crippen LogP contribution >= 0.6 is 0 Å². The standard InChI is InChI=1S/C22H28O4/c1-16-13-22(25-20-11-9-19(23-3)10-12-20)26-21(17(16)2)15-24-14-18-7-5-4-6-8-18/h4-12,16-17,21-22H,13-15H2,1-3H3/t16-,17+,21?,22-/m1/s1. The molecule has 0 aromatic heterocycles. The topological polar surface area (TPSA) is 36.9 Å². The average molecular weight is 356 g/mol. The van der Waals surface area contributed by atoms with Crippen LogP contribution in [0, 0.1) is 11.8 Å². The Morgan fingerprint density at radius 1 is 0.962 bits per heavy atom. The maximum absolute atomic E-state index is 6.19. The lowest BCUT2D eigenvalue weighted by molar-refractivity contribution is -0.197. The summed E-state index contributed by atoms with van der Waals surface area (Å²) in [6, 6.07) is 17.8. The van der Waals surface area contributed by atoms with Gasteiger partial charge in [-0.1, -0.05) is 44.2 Å². The van der Waals surface area contributed by atoms with Gasteiger partial charge in [-0.05, 0) is 41.7 Å². The summed E-state index contributed by atoms with van der Waals surface area (Å²) in [6.45, 7) is 5.65. The molecule has 0 aliphatic carbocycles. The van der Waals surface area contributed by atoms with E-state index < -0.39 is 0 Å². The van der Waals surface area contributed by atoms with E-state index in [1.54, 1.807) is 7.11 Å². The molecule has 0 bridgehead atoms. The molecule has 1 heterocycles. The van der Waals surface area contributed by atoms with Crippen molar-refractivity contribution in [3.63, 3.8) is 0 Å². The Morgan fingerprint density at radius 2 is 1.65 bits per heavy atom. The van der Waals surface area contributed by atoms with Crippen LogP contribution in [0.1, 0.15) is 25.8 Å². The molecule has 140 valence electrons. The predicted octanol–water partition coefficient (Wildman–Crippen LogP) is 4.68. The van der Waals surface area contributed by atoms with Gasteiger partial charge >= 0.3 is 0 Å². The van der Waals surface area contributed by atoms with Crippen molar-refractivity contribution in [1.29, 1.82) is 0 Å². The summed E-state index contributed by atoms with van der Waals surface area (Å²) in [7, 11) is 1.66. The van der Waals surface area contributed by atoms with E-state index in [1.807, 2.05) is 42.5 Å². The molecule has 1 aliphatic rings. The van der Waals surface area contributed by atoms with Crippen LogP contribution in [0.4, 0.5) is 0 Å². The van der Waals surface area contributed by atoms with Gasteiger partial charge in [0, 0.05) is 6.42 Å². The second kappa shape index (κ2) is 9.06. The average Bonchev–Trinajstić information content (AvgIpc) is 2.67. The molecule has 1 aliphatic heterocycles. The van der Waals surface area contributed by atoms with Gasteiger partial charge < -0.3 is 18.9 Å². The Morgan fingerprint density at radius 3 is 2.35 bits per heavy atom. The Kier molecular flexibility index (Phi) is 6.53. The van der Waals surface area contributed by atoms with Gasteiger partial charge in [-0.3, -0.25) is 0 Å². The molecule has 0 radical (unpaired) electrons. The lowest BCUT2D eigenvalue weighted by Gasteiger charge is -2.38. The van der Waals surface area contributed by atoms with Crippen LogP contribution in [0.3, 0.4) is 0 Å². The first-order valence-corrected chi connectivity index (χ1v) is 9.23. The summed E-state index contributed by atoms with van der Waals surface area (Å²) in [5.41, 5.74) is 1.18. The van der Waals surface area contributed by atoms with Crippen molar-refractivity contribution in [2.45, 2.75) is 39.3 Å². The monoisotopic (exact) mass is 356 g/mol. The van der Waals surface area contributed by atoms with Crippen molar-refractivity contribution in [2.75, 3.05) is 13.7 Å². The zero-order chi connectivity index (χ0) is 18.4. The first kappa shape index (κ1) is 18.7. The Labute approximate surface area is 156 Å². The number of benzene rings is 2. The van der Waals surface area contributed by atoms with Crippen molar-refractivity contribution >= 4 is 0 Å². The molecule has 4 nitrogen and oxygen atoms in total. The van der Waals surface area contributed by atoms with E-state index in [-0.39, 0.29) is 12.4 Å². The van der Waals surface area contributed by atoms with Gasteiger partial charge in [0.25, 0.3) is 0 Å². The molecule has 0 amide bonds.